The minimum Gasteiger partial charge on any atom is -0.359 e. The van der Waals surface area contributed by atoms with Gasteiger partial charge in [-0.1, -0.05) is 0 Å². The van der Waals surface area contributed by atoms with Gasteiger partial charge in [-0.3, -0.25) is 0 Å². The first-order chi connectivity index (χ1) is 7.35. The second-order valence-electron chi connectivity index (χ2n) is 2.75. The summed E-state index contributed by atoms with van der Waals surface area (Å²) in [6.07, 6.45) is -0.185. The molecule has 0 aromatic rings. The largest absolute Gasteiger partial charge is 0.359 e. The molecule has 0 bridgehead atoms. The molecule has 0 N–H and O–H groups in total. The Morgan fingerprint density at radius 1 is 0.733 bits per heavy atom. The van der Waals surface area contributed by atoms with Crippen LogP contribution in [0.15, 0.2) is 0 Å². The van der Waals surface area contributed by atoms with E-state index in [1.54, 1.807) is 21.3 Å². The zero-order valence-corrected chi connectivity index (χ0v) is 9.56. The third kappa shape index (κ3) is 10.1. The quantitative estimate of drug-likeness (QED) is 0.369. The monoisotopic (exact) mass is 224 g/mol. The summed E-state index contributed by atoms with van der Waals surface area (Å²) in [5.41, 5.74) is 0. The van der Waals surface area contributed by atoms with Crippen LogP contribution in [0.25, 0.3) is 0 Å². The maximum absolute atomic E-state index is 5.30. The lowest BCUT2D eigenvalue weighted by Gasteiger charge is -2.17. The number of methoxy groups -OCH3 is 3. The summed E-state index contributed by atoms with van der Waals surface area (Å²) < 4.78 is 29.9. The fraction of sp³-hybridized carbons (Fsp3) is 1.00. The first kappa shape index (κ1) is 14.8. The van der Waals surface area contributed by atoms with Crippen LogP contribution in [0.4, 0.5) is 0 Å². The third-order valence-corrected chi connectivity index (χ3v) is 1.43. The summed E-state index contributed by atoms with van der Waals surface area (Å²) in [6, 6.07) is 0. The van der Waals surface area contributed by atoms with Gasteiger partial charge < -0.3 is 28.4 Å². The molecule has 0 aliphatic rings. The van der Waals surface area contributed by atoms with Crippen molar-refractivity contribution in [1.82, 2.24) is 0 Å². The van der Waals surface area contributed by atoms with Crippen molar-refractivity contribution in [2.45, 2.75) is 6.10 Å². The van der Waals surface area contributed by atoms with E-state index in [4.69, 9.17) is 28.4 Å². The molecule has 0 unspecified atom stereocenters. The van der Waals surface area contributed by atoms with Crippen LogP contribution < -0.4 is 0 Å². The molecule has 0 aromatic heterocycles. The van der Waals surface area contributed by atoms with Gasteiger partial charge >= 0.3 is 0 Å². The van der Waals surface area contributed by atoms with E-state index in [0.29, 0.717) is 13.2 Å². The van der Waals surface area contributed by atoms with Crippen molar-refractivity contribution in [1.29, 1.82) is 0 Å². The molecule has 15 heavy (non-hydrogen) atoms. The van der Waals surface area contributed by atoms with Gasteiger partial charge in [0.15, 0.2) is 0 Å². The van der Waals surface area contributed by atoms with Crippen molar-refractivity contribution in [2.75, 3.05) is 54.9 Å². The number of hydrogen-bond donors (Lipinski definition) is 0. The van der Waals surface area contributed by atoms with E-state index in [1.807, 2.05) is 0 Å². The molecule has 0 aliphatic heterocycles. The van der Waals surface area contributed by atoms with Gasteiger partial charge in [-0.2, -0.15) is 0 Å². The lowest BCUT2D eigenvalue weighted by atomic mass is 10.4. The SMILES string of the molecule is COCOCC(COCOC)OCOC. The molecular formula is C9H20O6. The molecule has 0 radical (unpaired) electrons. The van der Waals surface area contributed by atoms with Gasteiger partial charge in [-0.15, -0.1) is 0 Å². The average Bonchev–Trinajstić information content (AvgIpc) is 2.25. The van der Waals surface area contributed by atoms with Gasteiger partial charge in [0, 0.05) is 21.3 Å². The Hall–Kier alpha value is -0.240. The first-order valence-corrected chi connectivity index (χ1v) is 4.59. The van der Waals surface area contributed by atoms with Gasteiger partial charge in [0.05, 0.1) is 13.2 Å². The predicted octanol–water partition coefficient (Wildman–Crippen LogP) is 0.217. The van der Waals surface area contributed by atoms with Crippen LogP contribution in [0.5, 0.6) is 0 Å². The highest BCUT2D eigenvalue weighted by atomic mass is 16.7. The Morgan fingerprint density at radius 2 is 1.20 bits per heavy atom. The van der Waals surface area contributed by atoms with E-state index in [1.165, 1.54) is 0 Å². The number of ether oxygens (including phenoxy) is 6. The summed E-state index contributed by atoms with van der Waals surface area (Å²) in [5.74, 6) is 0. The molecule has 0 amide bonds. The first-order valence-electron chi connectivity index (χ1n) is 4.59. The minimum absolute atomic E-state index is 0.185. The van der Waals surface area contributed by atoms with Crippen LogP contribution in [0.1, 0.15) is 0 Å². The molecule has 0 atom stereocenters. The second kappa shape index (κ2) is 11.8. The predicted molar refractivity (Wildman–Crippen MR) is 52.4 cm³/mol. The van der Waals surface area contributed by atoms with Gasteiger partial charge in [-0.25, -0.2) is 0 Å². The second-order valence-corrected chi connectivity index (χ2v) is 2.75. The average molecular weight is 224 g/mol. The van der Waals surface area contributed by atoms with Crippen molar-refractivity contribution in [2.24, 2.45) is 0 Å². The highest BCUT2D eigenvalue weighted by Gasteiger charge is 2.09. The smallest absolute Gasteiger partial charge is 0.146 e. The van der Waals surface area contributed by atoms with E-state index in [-0.39, 0.29) is 26.5 Å². The number of rotatable bonds is 11. The summed E-state index contributed by atoms with van der Waals surface area (Å²) in [7, 11) is 4.68. The lowest BCUT2D eigenvalue weighted by Crippen LogP contribution is -2.27. The van der Waals surface area contributed by atoms with Gasteiger partial charge in [0.25, 0.3) is 0 Å². The minimum atomic E-state index is -0.185. The Kier molecular flexibility index (Phi) is 11.6. The van der Waals surface area contributed by atoms with E-state index in [2.05, 4.69) is 0 Å². The third-order valence-electron chi connectivity index (χ3n) is 1.43. The molecule has 0 spiro atoms. The lowest BCUT2D eigenvalue weighted by molar-refractivity contribution is -0.151. The van der Waals surface area contributed by atoms with Crippen molar-refractivity contribution in [3.8, 4) is 0 Å². The highest BCUT2D eigenvalue weighted by molar-refractivity contribution is 4.53. The van der Waals surface area contributed by atoms with Crippen LogP contribution in [-0.4, -0.2) is 61.0 Å². The molecule has 0 fully saturated rings. The maximum atomic E-state index is 5.30. The van der Waals surface area contributed by atoms with Crippen LogP contribution >= 0.6 is 0 Å². The van der Waals surface area contributed by atoms with E-state index in [0.717, 1.165) is 0 Å². The van der Waals surface area contributed by atoms with Crippen molar-refractivity contribution >= 4 is 0 Å². The van der Waals surface area contributed by atoms with E-state index in [9.17, 15) is 0 Å². The normalized spacial score (nSPS) is 11.2. The molecule has 0 saturated carbocycles. The summed E-state index contributed by atoms with van der Waals surface area (Å²) in [6.45, 7) is 1.45. The Morgan fingerprint density at radius 3 is 1.60 bits per heavy atom. The summed E-state index contributed by atoms with van der Waals surface area (Å²) in [5, 5.41) is 0. The van der Waals surface area contributed by atoms with Crippen molar-refractivity contribution in [3.05, 3.63) is 0 Å². The standard InChI is InChI=1S/C9H20O6/c1-10-6-13-4-9(15-8-12-3)5-14-7-11-2/h9H,4-8H2,1-3H3. The molecule has 6 heteroatoms. The zero-order valence-electron chi connectivity index (χ0n) is 9.56. The molecular weight excluding hydrogens is 204 g/mol. The summed E-state index contributed by atoms with van der Waals surface area (Å²) in [4.78, 5) is 0. The van der Waals surface area contributed by atoms with Gasteiger partial charge in [-0.05, 0) is 0 Å². The molecule has 0 heterocycles. The molecule has 92 valence electrons. The van der Waals surface area contributed by atoms with Crippen LogP contribution in [0, 0.1) is 0 Å². The Labute approximate surface area is 90.3 Å². The highest BCUT2D eigenvalue weighted by Crippen LogP contribution is 1.96. The maximum Gasteiger partial charge on any atom is 0.146 e. The fourth-order valence-electron chi connectivity index (χ4n) is 0.834. The fourth-order valence-corrected chi connectivity index (χ4v) is 0.834. The summed E-state index contributed by atoms with van der Waals surface area (Å²) >= 11 is 0. The van der Waals surface area contributed by atoms with Crippen LogP contribution in [0.2, 0.25) is 0 Å². The Balaban J connectivity index is 3.53. The molecule has 0 rings (SSSR count). The van der Waals surface area contributed by atoms with Gasteiger partial charge in [0.1, 0.15) is 26.5 Å². The molecule has 0 aromatic carbocycles. The molecule has 6 nitrogen and oxygen atoms in total. The van der Waals surface area contributed by atoms with Crippen LogP contribution in [-0.2, 0) is 28.4 Å². The van der Waals surface area contributed by atoms with E-state index < -0.39 is 0 Å². The number of hydrogen-bond acceptors (Lipinski definition) is 6. The van der Waals surface area contributed by atoms with E-state index >= 15 is 0 Å². The zero-order chi connectivity index (χ0) is 11.4. The van der Waals surface area contributed by atoms with Crippen molar-refractivity contribution in [3.63, 3.8) is 0 Å². The molecule has 0 saturated heterocycles. The topological polar surface area (TPSA) is 55.4 Å². The molecule has 0 aliphatic carbocycles. The van der Waals surface area contributed by atoms with Gasteiger partial charge in [0.2, 0.25) is 0 Å². The Bertz CT molecular complexity index is 111. The van der Waals surface area contributed by atoms with Crippen LogP contribution in [0.3, 0.4) is 0 Å². The van der Waals surface area contributed by atoms with Crippen molar-refractivity contribution < 1.29 is 28.4 Å².